The summed E-state index contributed by atoms with van der Waals surface area (Å²) in [4.78, 5) is 50.6. The van der Waals surface area contributed by atoms with Crippen LogP contribution in [0.15, 0.2) is 71.7 Å². The van der Waals surface area contributed by atoms with Crippen molar-refractivity contribution < 1.29 is 19.1 Å². The molecular formula is C37H49ClN4O5. The van der Waals surface area contributed by atoms with Crippen molar-refractivity contribution >= 4 is 34.9 Å². The molecule has 0 spiro atoms. The highest BCUT2D eigenvalue weighted by Gasteiger charge is 2.53. The van der Waals surface area contributed by atoms with E-state index in [-0.39, 0.29) is 29.7 Å². The van der Waals surface area contributed by atoms with E-state index < -0.39 is 27.7 Å². The average Bonchev–Trinajstić information content (AvgIpc) is 3.05. The number of halogens is 1. The highest BCUT2D eigenvalue weighted by Crippen LogP contribution is 2.38. The Balaban J connectivity index is 1.68. The first kappa shape index (κ1) is 37.5. The molecule has 0 radical (unpaired) electrons. The minimum absolute atomic E-state index is 0.0484. The molecule has 1 aromatic heterocycles. The van der Waals surface area contributed by atoms with E-state index in [1.165, 1.54) is 17.8 Å². The second kappa shape index (κ2) is 15.3. The molecule has 1 heterocycles. The van der Waals surface area contributed by atoms with Crippen LogP contribution in [0.4, 0.5) is 5.69 Å². The predicted octanol–water partition coefficient (Wildman–Crippen LogP) is 6.72. The van der Waals surface area contributed by atoms with Crippen molar-refractivity contribution in [3.8, 4) is 5.75 Å². The Kier molecular flexibility index (Phi) is 12.2. The monoisotopic (exact) mass is 664 g/mol. The number of alkyl halides is 1. The minimum atomic E-state index is -2.51. The maximum absolute atomic E-state index is 14.0. The fourth-order valence-electron chi connectivity index (χ4n) is 4.97. The Labute approximate surface area is 283 Å². The van der Waals surface area contributed by atoms with Gasteiger partial charge in [0.25, 0.3) is 16.5 Å². The number of nitrogens with zero attached hydrogens (tertiary/aromatic N) is 2. The van der Waals surface area contributed by atoms with Crippen LogP contribution in [-0.2, 0) is 30.2 Å². The number of benzene rings is 2. The van der Waals surface area contributed by atoms with Crippen LogP contribution < -0.4 is 20.9 Å². The Morgan fingerprint density at radius 1 is 0.894 bits per heavy atom. The van der Waals surface area contributed by atoms with Gasteiger partial charge in [-0.05, 0) is 59.9 Å². The lowest BCUT2D eigenvalue weighted by Gasteiger charge is -2.33. The van der Waals surface area contributed by atoms with Crippen LogP contribution in [0.25, 0.3) is 0 Å². The van der Waals surface area contributed by atoms with Crippen molar-refractivity contribution in [2.24, 2.45) is 5.41 Å². The highest BCUT2D eigenvalue weighted by atomic mass is 35.5. The average molecular weight is 665 g/mol. The van der Waals surface area contributed by atoms with Crippen LogP contribution in [0.2, 0.25) is 0 Å². The Hall–Kier alpha value is -3.98. The van der Waals surface area contributed by atoms with Gasteiger partial charge in [-0.3, -0.25) is 19.2 Å². The van der Waals surface area contributed by atoms with Gasteiger partial charge < -0.3 is 15.4 Å². The van der Waals surface area contributed by atoms with E-state index in [4.69, 9.17) is 16.3 Å². The van der Waals surface area contributed by atoms with Crippen LogP contribution in [0.3, 0.4) is 0 Å². The Morgan fingerprint density at radius 2 is 1.55 bits per heavy atom. The van der Waals surface area contributed by atoms with E-state index in [1.807, 2.05) is 6.07 Å². The third-order valence-electron chi connectivity index (χ3n) is 9.05. The van der Waals surface area contributed by atoms with Crippen molar-refractivity contribution in [3.05, 3.63) is 88.3 Å². The van der Waals surface area contributed by atoms with Crippen molar-refractivity contribution in [2.45, 2.75) is 96.9 Å². The second-order valence-corrected chi connectivity index (χ2v) is 14.4. The molecule has 0 aliphatic carbocycles. The molecule has 3 rings (SSSR count). The van der Waals surface area contributed by atoms with Gasteiger partial charge in [0, 0.05) is 41.9 Å². The summed E-state index contributed by atoms with van der Waals surface area (Å²) in [6.45, 7) is 16.6. The quantitative estimate of drug-likeness (QED) is 0.0997. The van der Waals surface area contributed by atoms with Crippen LogP contribution in [0.5, 0.6) is 5.75 Å². The molecular weight excluding hydrogens is 616 g/mol. The number of carbonyl (C=O) groups excluding carboxylic acids is 3. The zero-order chi connectivity index (χ0) is 35.0. The van der Waals surface area contributed by atoms with Gasteiger partial charge in [-0.1, -0.05) is 97.3 Å². The lowest BCUT2D eigenvalue weighted by atomic mass is 9.76. The number of rotatable bonds is 16. The van der Waals surface area contributed by atoms with E-state index in [0.29, 0.717) is 23.4 Å². The number of nitrogens with one attached hydrogen (secondary N) is 2. The molecule has 254 valence electrons. The molecule has 10 heteroatoms. The molecule has 1 atom stereocenters. The number of ether oxygens (including phenoxy) is 1. The standard InChI is InChI=1S/C37H49ClN4O5/c1-9-34(3,4)26-20-21-29(28(24-26)35(5,6)10-2)47-23-15-18-30(43)39-25-36(7,8)32(45)37(38,42-31(44)19-14-22-40-42)33(46)41-27-16-12-11-13-17-27/h11-14,16-17,19-22,24H,9-10,15,18,23,25H2,1-8H3,(H,39,43)(H,41,46). The fourth-order valence-corrected chi connectivity index (χ4v) is 5.40. The van der Waals surface area contributed by atoms with Crippen LogP contribution >= 0.6 is 11.6 Å². The largest absolute Gasteiger partial charge is 0.493 e. The zero-order valence-corrected chi connectivity index (χ0v) is 29.7. The minimum Gasteiger partial charge on any atom is -0.493 e. The Bertz CT molecular complexity index is 1620. The van der Waals surface area contributed by atoms with Crippen molar-refractivity contribution in [2.75, 3.05) is 18.5 Å². The lowest BCUT2D eigenvalue weighted by Crippen LogP contribution is -2.58. The van der Waals surface area contributed by atoms with E-state index in [0.717, 1.165) is 30.2 Å². The third kappa shape index (κ3) is 8.89. The zero-order valence-electron chi connectivity index (χ0n) is 28.9. The summed E-state index contributed by atoms with van der Waals surface area (Å²) in [7, 11) is 0. The van der Waals surface area contributed by atoms with Gasteiger partial charge in [-0.2, -0.15) is 9.78 Å². The predicted molar refractivity (Wildman–Crippen MR) is 187 cm³/mol. The Morgan fingerprint density at radius 3 is 2.17 bits per heavy atom. The molecule has 2 amide bonds. The molecule has 0 bridgehead atoms. The van der Waals surface area contributed by atoms with Gasteiger partial charge in [0.15, 0.2) is 5.78 Å². The van der Waals surface area contributed by atoms with Crippen LogP contribution in [0.1, 0.15) is 92.2 Å². The molecule has 0 aliphatic rings. The summed E-state index contributed by atoms with van der Waals surface area (Å²) in [6, 6.07) is 17.4. The summed E-state index contributed by atoms with van der Waals surface area (Å²) in [5.41, 5.74) is 0.691. The van der Waals surface area contributed by atoms with Crippen molar-refractivity contribution in [1.29, 1.82) is 0 Å². The summed E-state index contributed by atoms with van der Waals surface area (Å²) in [5.74, 6) is -1.21. The first-order chi connectivity index (χ1) is 22.0. The van der Waals surface area contributed by atoms with Crippen LogP contribution in [-0.4, -0.2) is 40.5 Å². The van der Waals surface area contributed by atoms with E-state index >= 15 is 0 Å². The maximum atomic E-state index is 14.0. The molecule has 1 unspecified atom stereocenters. The molecule has 0 saturated heterocycles. The normalized spacial score (nSPS) is 13.4. The lowest BCUT2D eigenvalue weighted by molar-refractivity contribution is -0.139. The molecule has 0 aliphatic heterocycles. The van der Waals surface area contributed by atoms with Gasteiger partial charge in [-0.15, -0.1) is 0 Å². The molecule has 0 fully saturated rings. The van der Waals surface area contributed by atoms with Gasteiger partial charge in [0.2, 0.25) is 5.91 Å². The summed E-state index contributed by atoms with van der Waals surface area (Å²) >= 11 is 6.79. The number of ketones is 1. The number of amides is 2. The topological polar surface area (TPSA) is 119 Å². The van der Waals surface area contributed by atoms with Crippen molar-refractivity contribution in [3.63, 3.8) is 0 Å². The molecule has 2 N–H and O–H groups in total. The first-order valence-corrected chi connectivity index (χ1v) is 16.6. The van der Waals surface area contributed by atoms with Gasteiger partial charge in [0.1, 0.15) is 5.75 Å². The molecule has 2 aromatic carbocycles. The first-order valence-electron chi connectivity index (χ1n) is 16.2. The highest BCUT2D eigenvalue weighted by molar-refractivity contribution is 6.45. The summed E-state index contributed by atoms with van der Waals surface area (Å²) < 4.78 is 6.87. The summed E-state index contributed by atoms with van der Waals surface area (Å²) in [5, 5.41) is 9.36. The third-order valence-corrected chi connectivity index (χ3v) is 9.55. The van der Waals surface area contributed by atoms with E-state index in [1.54, 1.807) is 44.2 Å². The van der Waals surface area contributed by atoms with Crippen LogP contribution in [0, 0.1) is 5.41 Å². The summed E-state index contributed by atoms with van der Waals surface area (Å²) in [6.07, 6.45) is 3.85. The maximum Gasteiger partial charge on any atom is 0.275 e. The van der Waals surface area contributed by atoms with Gasteiger partial charge in [0.05, 0.1) is 6.61 Å². The molecule has 0 saturated carbocycles. The fraction of sp³-hybridized carbons (Fsp3) is 0.486. The van der Waals surface area contributed by atoms with E-state index in [9.17, 15) is 19.2 Å². The number of para-hydroxylation sites is 1. The number of anilines is 1. The second-order valence-electron chi connectivity index (χ2n) is 13.8. The van der Waals surface area contributed by atoms with Gasteiger partial charge >= 0.3 is 0 Å². The smallest absolute Gasteiger partial charge is 0.275 e. The number of aromatic nitrogens is 2. The number of hydrogen-bond acceptors (Lipinski definition) is 6. The van der Waals surface area contributed by atoms with Gasteiger partial charge in [-0.25, -0.2) is 0 Å². The molecule has 47 heavy (non-hydrogen) atoms. The molecule has 3 aromatic rings. The SMILES string of the molecule is CCC(C)(C)c1ccc(OCCCC(=O)NCC(C)(C)C(=O)C(Cl)(C(=O)Nc2ccccc2)n2ncccc2=O)c(C(C)(C)CC)c1. The number of carbonyl (C=O) groups is 3. The molecule has 9 nitrogen and oxygen atoms in total. The number of Topliss-reactive ketones (excluding diaryl/α,β-unsaturated/α-hetero) is 1. The van der Waals surface area contributed by atoms with Crippen molar-refractivity contribution in [1.82, 2.24) is 15.1 Å². The van der Waals surface area contributed by atoms with E-state index in [2.05, 4.69) is 69.4 Å². The number of hydrogen-bond donors (Lipinski definition) is 2.